The van der Waals surface area contributed by atoms with Gasteiger partial charge in [-0.05, 0) is 44.4 Å². The zero-order valence-corrected chi connectivity index (χ0v) is 11.3. The summed E-state index contributed by atoms with van der Waals surface area (Å²) in [4.78, 5) is 2.27. The normalized spacial score (nSPS) is 21.4. The summed E-state index contributed by atoms with van der Waals surface area (Å²) in [5.41, 5.74) is 7.66. The van der Waals surface area contributed by atoms with Gasteiger partial charge in [-0.2, -0.15) is 5.26 Å². The van der Waals surface area contributed by atoms with Gasteiger partial charge in [-0.15, -0.1) is 0 Å². The number of nitrogens with two attached hydrogens (primary N) is 1. The average molecular weight is 264 g/mol. The average Bonchev–Trinajstić information content (AvgIpc) is 2.38. The van der Waals surface area contributed by atoms with Crippen LogP contribution >= 0.6 is 11.6 Å². The molecule has 1 aliphatic rings. The molecule has 2 unspecified atom stereocenters. The molecule has 4 heteroatoms. The van der Waals surface area contributed by atoms with Gasteiger partial charge in [0.15, 0.2) is 0 Å². The molecule has 1 aliphatic heterocycles. The molecule has 2 rings (SSSR count). The van der Waals surface area contributed by atoms with Crippen LogP contribution in [-0.4, -0.2) is 18.6 Å². The lowest BCUT2D eigenvalue weighted by atomic mass is 9.95. The third-order valence-electron chi connectivity index (χ3n) is 3.54. The maximum absolute atomic E-state index is 9.23. The summed E-state index contributed by atoms with van der Waals surface area (Å²) in [6.07, 6.45) is 3.44. The molecule has 1 aromatic rings. The molecule has 1 fully saturated rings. The van der Waals surface area contributed by atoms with E-state index >= 15 is 0 Å². The van der Waals surface area contributed by atoms with Crippen molar-refractivity contribution in [3.8, 4) is 6.07 Å². The smallest absolute Gasteiger partial charge is 0.101 e. The Morgan fingerprint density at radius 1 is 1.50 bits per heavy atom. The Kier molecular flexibility index (Phi) is 4.11. The van der Waals surface area contributed by atoms with Crippen molar-refractivity contribution in [3.63, 3.8) is 0 Å². The molecule has 0 aliphatic carbocycles. The van der Waals surface area contributed by atoms with Gasteiger partial charge in [0.25, 0.3) is 0 Å². The molecule has 1 heterocycles. The Balaban J connectivity index is 2.37. The highest BCUT2D eigenvalue weighted by atomic mass is 35.5. The topological polar surface area (TPSA) is 53.0 Å². The second-order valence-electron chi connectivity index (χ2n) is 4.89. The van der Waals surface area contributed by atoms with E-state index < -0.39 is 0 Å². The molecule has 0 spiro atoms. The van der Waals surface area contributed by atoms with Gasteiger partial charge in [0.05, 0.1) is 11.3 Å². The molecule has 18 heavy (non-hydrogen) atoms. The van der Waals surface area contributed by atoms with Crippen LogP contribution in [0.4, 0.5) is 5.69 Å². The first kappa shape index (κ1) is 13.2. The first-order chi connectivity index (χ1) is 8.63. The number of rotatable bonds is 2. The van der Waals surface area contributed by atoms with Gasteiger partial charge in [-0.25, -0.2) is 0 Å². The second kappa shape index (κ2) is 5.60. The molecule has 2 N–H and O–H groups in total. The lowest BCUT2D eigenvalue weighted by Gasteiger charge is -2.40. The summed E-state index contributed by atoms with van der Waals surface area (Å²) in [5.74, 6) is 0. The fourth-order valence-corrected chi connectivity index (χ4v) is 2.82. The summed E-state index contributed by atoms with van der Waals surface area (Å²) < 4.78 is 0. The fourth-order valence-electron chi connectivity index (χ4n) is 2.65. The summed E-state index contributed by atoms with van der Waals surface area (Å²) in [6, 6.07) is 8.14. The van der Waals surface area contributed by atoms with Gasteiger partial charge in [0.2, 0.25) is 0 Å². The van der Waals surface area contributed by atoms with E-state index in [1.807, 2.05) is 19.1 Å². The van der Waals surface area contributed by atoms with Crippen molar-refractivity contribution in [3.05, 3.63) is 28.8 Å². The number of benzene rings is 1. The fraction of sp³-hybridized carbons (Fsp3) is 0.500. The van der Waals surface area contributed by atoms with Crippen LogP contribution in [0.2, 0.25) is 5.02 Å². The van der Waals surface area contributed by atoms with E-state index in [2.05, 4.69) is 11.0 Å². The van der Waals surface area contributed by atoms with Crippen LogP contribution in [0, 0.1) is 11.3 Å². The van der Waals surface area contributed by atoms with Gasteiger partial charge >= 0.3 is 0 Å². The van der Waals surface area contributed by atoms with E-state index in [9.17, 15) is 5.26 Å². The highest BCUT2D eigenvalue weighted by Crippen LogP contribution is 2.30. The summed E-state index contributed by atoms with van der Waals surface area (Å²) in [7, 11) is 0. The molecular weight excluding hydrogens is 246 g/mol. The molecule has 96 valence electrons. The van der Waals surface area contributed by atoms with Crippen molar-refractivity contribution < 1.29 is 0 Å². The van der Waals surface area contributed by atoms with Crippen LogP contribution in [0.15, 0.2) is 18.2 Å². The predicted octanol–water partition coefficient (Wildman–Crippen LogP) is 2.92. The molecule has 1 aromatic carbocycles. The van der Waals surface area contributed by atoms with Gasteiger partial charge in [-0.1, -0.05) is 11.6 Å². The van der Waals surface area contributed by atoms with Crippen molar-refractivity contribution in [1.29, 1.82) is 5.26 Å². The molecule has 0 bridgehead atoms. The van der Waals surface area contributed by atoms with Crippen molar-refractivity contribution in [2.75, 3.05) is 11.4 Å². The van der Waals surface area contributed by atoms with Gasteiger partial charge in [0.1, 0.15) is 6.07 Å². The van der Waals surface area contributed by atoms with Gasteiger partial charge < -0.3 is 10.6 Å². The molecule has 2 atom stereocenters. The molecule has 3 nitrogen and oxygen atoms in total. The molecule has 1 saturated heterocycles. The standard InChI is InChI=1S/C14H18ClN3/c1-10(17)13-4-2-3-7-18(13)14-6-5-12(15)8-11(14)9-16/h5-6,8,10,13H,2-4,7,17H2,1H3. The van der Waals surface area contributed by atoms with Crippen molar-refractivity contribution in [2.45, 2.75) is 38.3 Å². The van der Waals surface area contributed by atoms with Crippen LogP contribution in [-0.2, 0) is 0 Å². The largest absolute Gasteiger partial charge is 0.366 e. The lowest BCUT2D eigenvalue weighted by Crippen LogP contribution is -2.49. The van der Waals surface area contributed by atoms with E-state index in [-0.39, 0.29) is 6.04 Å². The molecule has 0 amide bonds. The zero-order valence-electron chi connectivity index (χ0n) is 10.6. The van der Waals surface area contributed by atoms with Crippen LogP contribution in [0.1, 0.15) is 31.7 Å². The molecule has 0 saturated carbocycles. The quantitative estimate of drug-likeness (QED) is 0.893. The van der Waals surface area contributed by atoms with E-state index in [0.717, 1.165) is 25.1 Å². The number of piperidine rings is 1. The number of hydrogen-bond acceptors (Lipinski definition) is 3. The Hall–Kier alpha value is -1.24. The third kappa shape index (κ3) is 2.60. The Bertz CT molecular complexity index is 465. The number of anilines is 1. The maximum Gasteiger partial charge on any atom is 0.101 e. The third-order valence-corrected chi connectivity index (χ3v) is 3.78. The second-order valence-corrected chi connectivity index (χ2v) is 5.33. The van der Waals surface area contributed by atoms with Crippen molar-refractivity contribution in [1.82, 2.24) is 0 Å². The Morgan fingerprint density at radius 3 is 2.94 bits per heavy atom. The van der Waals surface area contributed by atoms with E-state index in [4.69, 9.17) is 17.3 Å². The Labute approximate surface area is 113 Å². The highest BCUT2D eigenvalue weighted by Gasteiger charge is 2.27. The molecular formula is C14H18ClN3. The van der Waals surface area contributed by atoms with E-state index in [0.29, 0.717) is 16.6 Å². The minimum absolute atomic E-state index is 0.104. The van der Waals surface area contributed by atoms with Crippen molar-refractivity contribution >= 4 is 17.3 Å². The monoisotopic (exact) mass is 263 g/mol. The first-order valence-electron chi connectivity index (χ1n) is 6.35. The van der Waals surface area contributed by atoms with Crippen LogP contribution in [0.5, 0.6) is 0 Å². The first-order valence-corrected chi connectivity index (χ1v) is 6.73. The van der Waals surface area contributed by atoms with Crippen LogP contribution < -0.4 is 10.6 Å². The number of nitrogens with zero attached hydrogens (tertiary/aromatic N) is 2. The van der Waals surface area contributed by atoms with E-state index in [1.165, 1.54) is 6.42 Å². The predicted molar refractivity (Wildman–Crippen MR) is 74.8 cm³/mol. The van der Waals surface area contributed by atoms with E-state index in [1.54, 1.807) is 6.07 Å². The van der Waals surface area contributed by atoms with Gasteiger partial charge in [0, 0.05) is 23.7 Å². The number of nitriles is 1. The number of hydrogen-bond donors (Lipinski definition) is 1. The summed E-state index contributed by atoms with van der Waals surface area (Å²) >= 11 is 5.94. The maximum atomic E-state index is 9.23. The van der Waals surface area contributed by atoms with Crippen molar-refractivity contribution in [2.24, 2.45) is 5.73 Å². The summed E-state index contributed by atoms with van der Waals surface area (Å²) in [5, 5.41) is 9.83. The summed E-state index contributed by atoms with van der Waals surface area (Å²) in [6.45, 7) is 2.99. The highest BCUT2D eigenvalue weighted by molar-refractivity contribution is 6.30. The minimum atomic E-state index is 0.104. The van der Waals surface area contributed by atoms with Crippen LogP contribution in [0.3, 0.4) is 0 Å². The lowest BCUT2D eigenvalue weighted by molar-refractivity contribution is 0.413. The zero-order chi connectivity index (χ0) is 13.1. The Morgan fingerprint density at radius 2 is 2.28 bits per heavy atom. The number of halogens is 1. The molecule has 0 aromatic heterocycles. The van der Waals surface area contributed by atoms with Crippen LogP contribution in [0.25, 0.3) is 0 Å². The SMILES string of the molecule is CC(N)C1CCCCN1c1ccc(Cl)cc1C#N. The molecule has 0 radical (unpaired) electrons. The van der Waals surface area contributed by atoms with Gasteiger partial charge in [-0.3, -0.25) is 0 Å². The minimum Gasteiger partial charge on any atom is -0.366 e.